The van der Waals surface area contributed by atoms with Crippen molar-refractivity contribution in [3.63, 3.8) is 0 Å². The van der Waals surface area contributed by atoms with Crippen molar-refractivity contribution < 1.29 is 4.79 Å². The highest BCUT2D eigenvalue weighted by atomic mass is 127. The second-order valence-corrected chi connectivity index (χ2v) is 7.54. The molecule has 2 saturated heterocycles. The molecule has 0 radical (unpaired) electrons. The number of piperazine rings is 1. The molecule has 1 N–H and O–H groups in total. The number of carbonyl (C=O) groups is 1. The first-order chi connectivity index (χ1) is 12.2. The van der Waals surface area contributed by atoms with Crippen LogP contribution in [-0.4, -0.2) is 83.9 Å². The molecule has 9 heteroatoms. The van der Waals surface area contributed by atoms with E-state index in [1.54, 1.807) is 11.3 Å². The van der Waals surface area contributed by atoms with Crippen LogP contribution in [0.2, 0.25) is 0 Å². The number of thiazole rings is 1. The van der Waals surface area contributed by atoms with Crippen LogP contribution in [0.15, 0.2) is 16.6 Å². The Morgan fingerprint density at radius 3 is 2.50 bits per heavy atom. The van der Waals surface area contributed by atoms with Gasteiger partial charge in [0.25, 0.3) is 0 Å². The lowest BCUT2D eigenvalue weighted by atomic mass is 10.2. The van der Waals surface area contributed by atoms with Gasteiger partial charge in [0.1, 0.15) is 5.01 Å². The molecule has 7 nitrogen and oxygen atoms in total. The fourth-order valence-corrected chi connectivity index (χ4v) is 4.06. The molecule has 0 saturated carbocycles. The summed E-state index contributed by atoms with van der Waals surface area (Å²) in [6, 6.07) is -0.0226. The predicted molar refractivity (Wildman–Crippen MR) is 116 cm³/mol. The van der Waals surface area contributed by atoms with Crippen LogP contribution in [0.1, 0.15) is 24.8 Å². The maximum Gasteiger partial charge on any atom is 0.239 e. The number of hydrogen-bond donors (Lipinski definition) is 1. The second-order valence-electron chi connectivity index (χ2n) is 6.56. The van der Waals surface area contributed by atoms with Gasteiger partial charge < -0.3 is 15.1 Å². The van der Waals surface area contributed by atoms with Crippen molar-refractivity contribution in [2.75, 3.05) is 46.3 Å². The Morgan fingerprint density at radius 1 is 1.23 bits per heavy atom. The van der Waals surface area contributed by atoms with Gasteiger partial charge >= 0.3 is 0 Å². The van der Waals surface area contributed by atoms with Gasteiger partial charge in [-0.05, 0) is 19.8 Å². The van der Waals surface area contributed by atoms with Crippen LogP contribution in [0, 0.1) is 0 Å². The van der Waals surface area contributed by atoms with Crippen molar-refractivity contribution in [2.45, 2.75) is 32.4 Å². The normalized spacial score (nSPS) is 20.0. The summed E-state index contributed by atoms with van der Waals surface area (Å²) in [4.78, 5) is 27.8. The van der Waals surface area contributed by atoms with E-state index in [2.05, 4.69) is 25.1 Å². The van der Waals surface area contributed by atoms with Gasteiger partial charge in [-0.25, -0.2) is 4.98 Å². The largest absolute Gasteiger partial charge is 0.350 e. The molecule has 0 bridgehead atoms. The molecular weight excluding hydrogens is 463 g/mol. The topological polar surface area (TPSA) is 64.1 Å². The third-order valence-corrected chi connectivity index (χ3v) is 5.81. The predicted octanol–water partition coefficient (Wildman–Crippen LogP) is 1.46. The molecule has 0 aliphatic carbocycles. The van der Waals surface area contributed by atoms with E-state index < -0.39 is 0 Å². The van der Waals surface area contributed by atoms with Gasteiger partial charge in [-0.3, -0.25) is 14.7 Å². The fraction of sp³-hybridized carbons (Fsp3) is 0.706. The van der Waals surface area contributed by atoms with Gasteiger partial charge in [0.15, 0.2) is 5.96 Å². The van der Waals surface area contributed by atoms with Crippen LogP contribution < -0.4 is 5.32 Å². The lowest BCUT2D eigenvalue weighted by Gasteiger charge is -2.39. The number of halogens is 1. The smallest absolute Gasteiger partial charge is 0.239 e. The second kappa shape index (κ2) is 10.4. The summed E-state index contributed by atoms with van der Waals surface area (Å²) in [6.45, 7) is 8.15. The lowest BCUT2D eigenvalue weighted by Crippen LogP contribution is -2.57. The Morgan fingerprint density at radius 2 is 1.92 bits per heavy atom. The SMILES string of the molecule is CN=C(NCc1nccs1)N1CCN(C(C)C(=O)N2CCCC2)CC1.I. The van der Waals surface area contributed by atoms with E-state index >= 15 is 0 Å². The van der Waals surface area contributed by atoms with Gasteiger partial charge in [0.05, 0.1) is 12.6 Å². The summed E-state index contributed by atoms with van der Waals surface area (Å²) in [5, 5.41) is 6.43. The van der Waals surface area contributed by atoms with E-state index in [1.807, 2.05) is 30.4 Å². The van der Waals surface area contributed by atoms with E-state index in [4.69, 9.17) is 0 Å². The van der Waals surface area contributed by atoms with Crippen LogP contribution in [0.5, 0.6) is 0 Å². The minimum Gasteiger partial charge on any atom is -0.350 e. The third-order valence-electron chi connectivity index (χ3n) is 5.03. The number of nitrogens with zero attached hydrogens (tertiary/aromatic N) is 5. The van der Waals surface area contributed by atoms with E-state index in [1.165, 1.54) is 0 Å². The molecule has 1 aromatic rings. The van der Waals surface area contributed by atoms with E-state index in [9.17, 15) is 4.79 Å². The number of likely N-dealkylation sites (tertiary alicyclic amines) is 1. The highest BCUT2D eigenvalue weighted by Gasteiger charge is 2.30. The summed E-state index contributed by atoms with van der Waals surface area (Å²) in [5.74, 6) is 1.20. The zero-order chi connectivity index (χ0) is 17.6. The molecule has 146 valence electrons. The molecular formula is C17H29IN6OS. The fourth-order valence-electron chi connectivity index (χ4n) is 3.51. The number of guanidine groups is 1. The number of rotatable bonds is 4. The number of amides is 1. The van der Waals surface area contributed by atoms with Crippen molar-refractivity contribution in [1.29, 1.82) is 0 Å². The molecule has 2 fully saturated rings. The number of carbonyl (C=O) groups excluding carboxylic acids is 1. The third kappa shape index (κ3) is 5.29. The molecule has 0 spiro atoms. The molecule has 26 heavy (non-hydrogen) atoms. The number of hydrogen-bond acceptors (Lipinski definition) is 5. The van der Waals surface area contributed by atoms with Crippen molar-refractivity contribution in [1.82, 2.24) is 25.0 Å². The van der Waals surface area contributed by atoms with Crippen LogP contribution in [0.3, 0.4) is 0 Å². The Labute approximate surface area is 176 Å². The van der Waals surface area contributed by atoms with Crippen LogP contribution in [0.25, 0.3) is 0 Å². The average molecular weight is 492 g/mol. The molecule has 1 atom stereocenters. The maximum absolute atomic E-state index is 12.6. The van der Waals surface area contributed by atoms with Crippen LogP contribution in [0.4, 0.5) is 0 Å². The van der Waals surface area contributed by atoms with Crippen LogP contribution in [-0.2, 0) is 11.3 Å². The summed E-state index contributed by atoms with van der Waals surface area (Å²) < 4.78 is 0. The van der Waals surface area contributed by atoms with Gasteiger partial charge in [-0.2, -0.15) is 0 Å². The van der Waals surface area contributed by atoms with Crippen LogP contribution >= 0.6 is 35.3 Å². The van der Waals surface area contributed by atoms with Crippen molar-refractivity contribution in [2.24, 2.45) is 4.99 Å². The van der Waals surface area contributed by atoms with E-state index in [-0.39, 0.29) is 35.9 Å². The summed E-state index contributed by atoms with van der Waals surface area (Å²) >= 11 is 1.64. The van der Waals surface area contributed by atoms with Gasteiger partial charge in [0.2, 0.25) is 5.91 Å². The Bertz CT molecular complexity index is 582. The van der Waals surface area contributed by atoms with E-state index in [0.717, 1.165) is 63.1 Å². The minimum absolute atomic E-state index is 0. The first kappa shape index (κ1) is 21.4. The highest BCUT2D eigenvalue weighted by molar-refractivity contribution is 14.0. The van der Waals surface area contributed by atoms with Crippen molar-refractivity contribution in [3.05, 3.63) is 16.6 Å². The van der Waals surface area contributed by atoms with Gasteiger partial charge in [-0.15, -0.1) is 35.3 Å². The quantitative estimate of drug-likeness (QED) is 0.392. The minimum atomic E-state index is -0.0226. The molecule has 3 rings (SSSR count). The Balaban J connectivity index is 0.00000243. The van der Waals surface area contributed by atoms with E-state index in [0.29, 0.717) is 6.54 Å². The Hall–Kier alpha value is -0.940. The monoisotopic (exact) mass is 492 g/mol. The van der Waals surface area contributed by atoms with Crippen molar-refractivity contribution in [3.8, 4) is 0 Å². The maximum atomic E-state index is 12.6. The summed E-state index contributed by atoms with van der Waals surface area (Å²) in [5.41, 5.74) is 0. The molecule has 1 aromatic heterocycles. The Kier molecular flexibility index (Phi) is 8.55. The summed E-state index contributed by atoms with van der Waals surface area (Å²) in [7, 11) is 1.82. The highest BCUT2D eigenvalue weighted by Crippen LogP contribution is 2.14. The van der Waals surface area contributed by atoms with Crippen molar-refractivity contribution >= 4 is 47.2 Å². The lowest BCUT2D eigenvalue weighted by molar-refractivity contribution is -0.135. The van der Waals surface area contributed by atoms with Gasteiger partial charge in [0, 0.05) is 57.9 Å². The first-order valence-electron chi connectivity index (χ1n) is 9.06. The number of aromatic nitrogens is 1. The zero-order valence-corrected chi connectivity index (χ0v) is 18.7. The number of aliphatic imine (C=N–C) groups is 1. The molecule has 2 aliphatic heterocycles. The molecule has 1 unspecified atom stereocenters. The molecule has 0 aromatic carbocycles. The molecule has 2 aliphatic rings. The summed E-state index contributed by atoms with van der Waals surface area (Å²) in [6.07, 6.45) is 4.11. The molecule has 1 amide bonds. The standard InChI is InChI=1S/C17H28N6OS.HI/c1-14(16(24)22-6-3-4-7-22)21-8-10-23(11-9-21)17(18-2)20-13-15-19-5-12-25-15;/h5,12,14H,3-4,6-11,13H2,1-2H3,(H,18,20);1H. The zero-order valence-electron chi connectivity index (χ0n) is 15.6. The van der Waals surface area contributed by atoms with Gasteiger partial charge in [-0.1, -0.05) is 0 Å². The first-order valence-corrected chi connectivity index (χ1v) is 9.94. The number of nitrogens with one attached hydrogen (secondary N) is 1. The average Bonchev–Trinajstić information content (AvgIpc) is 3.35. The molecule has 3 heterocycles.